The lowest BCUT2D eigenvalue weighted by Gasteiger charge is -2.23. The van der Waals surface area contributed by atoms with E-state index >= 15 is 0 Å². The van der Waals surface area contributed by atoms with Gasteiger partial charge in [0.25, 0.3) is 0 Å². The molecule has 13 heavy (non-hydrogen) atoms. The summed E-state index contributed by atoms with van der Waals surface area (Å²) >= 11 is 0. The van der Waals surface area contributed by atoms with E-state index in [4.69, 9.17) is 0 Å². The lowest BCUT2D eigenvalue weighted by Crippen LogP contribution is -2.10. The van der Waals surface area contributed by atoms with E-state index in [2.05, 4.69) is 19.6 Å². The van der Waals surface area contributed by atoms with E-state index in [0.717, 1.165) is 11.8 Å². The molecule has 80 valence electrons. The van der Waals surface area contributed by atoms with Gasteiger partial charge in [-0.25, -0.2) is 0 Å². The summed E-state index contributed by atoms with van der Waals surface area (Å²) in [6.45, 7) is 14.2. The second-order valence-electron chi connectivity index (χ2n) is 3.27. The van der Waals surface area contributed by atoms with E-state index in [-0.39, 0.29) is 0 Å². The Balaban J connectivity index is 0. The van der Waals surface area contributed by atoms with Crippen LogP contribution in [0, 0.1) is 11.8 Å². The molecule has 0 aromatic heterocycles. The van der Waals surface area contributed by atoms with Crippen LogP contribution >= 0.6 is 0 Å². The van der Waals surface area contributed by atoms with E-state index in [0.29, 0.717) is 0 Å². The molecule has 1 rings (SSSR count). The van der Waals surface area contributed by atoms with Gasteiger partial charge in [-0.2, -0.15) is 0 Å². The Hall–Kier alpha value is -0.260. The topological polar surface area (TPSA) is 0 Å². The molecule has 1 aliphatic rings. The molecule has 0 bridgehead atoms. The third-order valence-corrected chi connectivity index (χ3v) is 2.31. The Labute approximate surface area is 85.4 Å². The van der Waals surface area contributed by atoms with Gasteiger partial charge in [0, 0.05) is 0 Å². The van der Waals surface area contributed by atoms with Crippen LogP contribution in [0.15, 0.2) is 12.7 Å². The van der Waals surface area contributed by atoms with Crippen molar-refractivity contribution in [3.63, 3.8) is 0 Å². The Morgan fingerprint density at radius 1 is 1.08 bits per heavy atom. The van der Waals surface area contributed by atoms with Gasteiger partial charge in [0.2, 0.25) is 0 Å². The maximum Gasteiger partial charge on any atom is -0.0234 e. The Morgan fingerprint density at radius 3 is 1.92 bits per heavy atom. The molecular formula is C13H28. The SMILES string of the molecule is C=CC1CCCC(C)C1.CC.CC. The molecule has 0 heteroatoms. The van der Waals surface area contributed by atoms with Crippen molar-refractivity contribution in [2.45, 2.75) is 60.3 Å². The zero-order chi connectivity index (χ0) is 10.7. The van der Waals surface area contributed by atoms with Gasteiger partial charge in [-0.15, -0.1) is 6.58 Å². The van der Waals surface area contributed by atoms with E-state index < -0.39 is 0 Å². The summed E-state index contributed by atoms with van der Waals surface area (Å²) in [5, 5.41) is 0. The summed E-state index contributed by atoms with van der Waals surface area (Å²) in [6, 6.07) is 0. The van der Waals surface area contributed by atoms with Crippen molar-refractivity contribution in [3.8, 4) is 0 Å². The highest BCUT2D eigenvalue weighted by Crippen LogP contribution is 2.28. The summed E-state index contributed by atoms with van der Waals surface area (Å²) in [5.74, 6) is 1.77. The second-order valence-corrected chi connectivity index (χ2v) is 3.27. The number of hydrogen-bond donors (Lipinski definition) is 0. The molecule has 0 spiro atoms. The molecule has 2 unspecified atom stereocenters. The predicted molar refractivity (Wildman–Crippen MR) is 64.0 cm³/mol. The molecule has 1 aliphatic carbocycles. The summed E-state index contributed by atoms with van der Waals surface area (Å²) in [7, 11) is 0. The molecule has 0 amide bonds. The molecule has 0 saturated heterocycles. The predicted octanol–water partition coefficient (Wildman–Crippen LogP) is 5.05. The molecule has 0 nitrogen and oxygen atoms in total. The van der Waals surface area contributed by atoms with Crippen molar-refractivity contribution in [1.82, 2.24) is 0 Å². The average Bonchev–Trinajstić information content (AvgIpc) is 2.24. The number of rotatable bonds is 1. The van der Waals surface area contributed by atoms with Gasteiger partial charge in [-0.3, -0.25) is 0 Å². The Kier molecular flexibility index (Phi) is 13.7. The molecular weight excluding hydrogens is 156 g/mol. The lowest BCUT2D eigenvalue weighted by atomic mass is 9.83. The van der Waals surface area contributed by atoms with Crippen LogP contribution in [-0.4, -0.2) is 0 Å². The molecule has 0 aromatic rings. The maximum absolute atomic E-state index is 3.82. The first-order valence-corrected chi connectivity index (χ1v) is 5.95. The van der Waals surface area contributed by atoms with Gasteiger partial charge >= 0.3 is 0 Å². The summed E-state index contributed by atoms with van der Waals surface area (Å²) in [6.07, 6.45) is 7.73. The van der Waals surface area contributed by atoms with Gasteiger partial charge < -0.3 is 0 Å². The molecule has 0 radical (unpaired) electrons. The average molecular weight is 184 g/mol. The zero-order valence-corrected chi connectivity index (χ0v) is 10.3. The van der Waals surface area contributed by atoms with Gasteiger partial charge in [-0.1, -0.05) is 53.5 Å². The third kappa shape index (κ3) is 8.08. The lowest BCUT2D eigenvalue weighted by molar-refractivity contribution is 0.325. The minimum Gasteiger partial charge on any atom is -0.103 e. The minimum absolute atomic E-state index is 0.828. The molecule has 0 heterocycles. The van der Waals surface area contributed by atoms with Crippen LogP contribution in [0.1, 0.15) is 60.3 Å². The van der Waals surface area contributed by atoms with Crippen molar-refractivity contribution >= 4 is 0 Å². The van der Waals surface area contributed by atoms with Gasteiger partial charge in [0.15, 0.2) is 0 Å². The molecule has 1 saturated carbocycles. The summed E-state index contributed by atoms with van der Waals surface area (Å²) in [4.78, 5) is 0. The van der Waals surface area contributed by atoms with Crippen LogP contribution in [0.4, 0.5) is 0 Å². The molecule has 2 atom stereocenters. The summed E-state index contributed by atoms with van der Waals surface area (Å²) in [5.41, 5.74) is 0. The van der Waals surface area contributed by atoms with E-state index in [1.165, 1.54) is 25.7 Å². The van der Waals surface area contributed by atoms with Crippen molar-refractivity contribution in [2.75, 3.05) is 0 Å². The second kappa shape index (κ2) is 11.7. The number of allylic oxidation sites excluding steroid dienone is 1. The highest BCUT2D eigenvalue weighted by molar-refractivity contribution is 4.83. The standard InChI is InChI=1S/C9H16.2C2H6/c1-3-9-6-4-5-8(2)7-9;2*1-2/h3,8-9H,1,4-7H2,2H3;2*1-2H3. The minimum atomic E-state index is 0.828. The summed E-state index contributed by atoms with van der Waals surface area (Å²) < 4.78 is 0. The first kappa shape index (κ1) is 15.2. The van der Waals surface area contributed by atoms with Crippen LogP contribution in [0.2, 0.25) is 0 Å². The fourth-order valence-electron chi connectivity index (χ4n) is 1.70. The quantitative estimate of drug-likeness (QED) is 0.500. The fraction of sp³-hybridized carbons (Fsp3) is 0.846. The normalized spacial score (nSPS) is 25.9. The van der Waals surface area contributed by atoms with Crippen molar-refractivity contribution < 1.29 is 0 Å². The van der Waals surface area contributed by atoms with Crippen LogP contribution in [0.5, 0.6) is 0 Å². The van der Waals surface area contributed by atoms with E-state index in [1.54, 1.807) is 0 Å². The van der Waals surface area contributed by atoms with Crippen molar-refractivity contribution in [2.24, 2.45) is 11.8 Å². The van der Waals surface area contributed by atoms with Crippen LogP contribution < -0.4 is 0 Å². The number of hydrogen-bond acceptors (Lipinski definition) is 0. The first-order valence-electron chi connectivity index (χ1n) is 5.95. The monoisotopic (exact) mass is 184 g/mol. The molecule has 0 aromatic carbocycles. The Morgan fingerprint density at radius 2 is 1.62 bits per heavy atom. The third-order valence-electron chi connectivity index (χ3n) is 2.31. The molecule has 0 aliphatic heterocycles. The van der Waals surface area contributed by atoms with Crippen LogP contribution in [-0.2, 0) is 0 Å². The molecule has 0 N–H and O–H groups in total. The smallest absolute Gasteiger partial charge is 0.0234 e. The Bertz CT molecular complexity index is 94.2. The zero-order valence-electron chi connectivity index (χ0n) is 10.3. The first-order chi connectivity index (χ1) is 6.33. The van der Waals surface area contributed by atoms with E-state index in [9.17, 15) is 0 Å². The van der Waals surface area contributed by atoms with Crippen LogP contribution in [0.25, 0.3) is 0 Å². The fourth-order valence-corrected chi connectivity index (χ4v) is 1.70. The highest BCUT2D eigenvalue weighted by atomic mass is 14.2. The largest absolute Gasteiger partial charge is 0.103 e. The van der Waals surface area contributed by atoms with Gasteiger partial charge in [0.05, 0.1) is 0 Å². The maximum atomic E-state index is 3.82. The van der Waals surface area contributed by atoms with Crippen molar-refractivity contribution in [3.05, 3.63) is 12.7 Å². The van der Waals surface area contributed by atoms with E-state index in [1.807, 2.05) is 27.7 Å². The van der Waals surface area contributed by atoms with Crippen molar-refractivity contribution in [1.29, 1.82) is 0 Å². The highest BCUT2D eigenvalue weighted by Gasteiger charge is 2.15. The van der Waals surface area contributed by atoms with Gasteiger partial charge in [-0.05, 0) is 24.7 Å². The van der Waals surface area contributed by atoms with Crippen LogP contribution in [0.3, 0.4) is 0 Å². The van der Waals surface area contributed by atoms with Gasteiger partial charge in [0.1, 0.15) is 0 Å². The molecule has 1 fully saturated rings.